The van der Waals surface area contributed by atoms with Gasteiger partial charge in [-0.3, -0.25) is 4.79 Å². The highest BCUT2D eigenvalue weighted by Crippen LogP contribution is 2.22. The van der Waals surface area contributed by atoms with Crippen LogP contribution in [0.4, 0.5) is 0 Å². The summed E-state index contributed by atoms with van der Waals surface area (Å²) in [5.74, 6) is 0.0951. The molecule has 0 radical (unpaired) electrons. The summed E-state index contributed by atoms with van der Waals surface area (Å²) >= 11 is 0. The Morgan fingerprint density at radius 2 is 2.07 bits per heavy atom. The molecule has 0 saturated heterocycles. The lowest BCUT2D eigenvalue weighted by molar-refractivity contribution is 0.0858. The molecule has 1 rings (SSSR count). The monoisotopic (exact) mass is 206 g/mol. The minimum Gasteiger partial charge on any atom is -0.396 e. The van der Waals surface area contributed by atoms with Crippen LogP contribution in [-0.2, 0) is 0 Å². The highest BCUT2D eigenvalue weighted by Gasteiger charge is 2.21. The molecule has 0 amide bonds. The van der Waals surface area contributed by atoms with E-state index in [0.29, 0.717) is 6.42 Å². The van der Waals surface area contributed by atoms with Gasteiger partial charge in [0.05, 0.1) is 0 Å². The van der Waals surface area contributed by atoms with Crippen molar-refractivity contribution in [3.63, 3.8) is 0 Å². The fourth-order valence-electron chi connectivity index (χ4n) is 1.41. The van der Waals surface area contributed by atoms with Gasteiger partial charge in [0.15, 0.2) is 5.78 Å². The Bertz CT molecular complexity index is 353. The summed E-state index contributed by atoms with van der Waals surface area (Å²) in [5.41, 5.74) is 1.49. The maximum absolute atomic E-state index is 11.9. The van der Waals surface area contributed by atoms with Crippen molar-refractivity contribution < 1.29 is 9.90 Å². The Labute approximate surface area is 90.9 Å². The Balaban J connectivity index is 2.78. The van der Waals surface area contributed by atoms with Crippen LogP contribution in [0.3, 0.4) is 0 Å². The molecule has 0 atom stereocenters. The van der Waals surface area contributed by atoms with Gasteiger partial charge in [-0.25, -0.2) is 0 Å². The maximum atomic E-state index is 11.9. The molecule has 0 fully saturated rings. The summed E-state index contributed by atoms with van der Waals surface area (Å²) in [6, 6.07) is 7.56. The van der Waals surface area contributed by atoms with Crippen molar-refractivity contribution in [1.29, 1.82) is 0 Å². The number of aryl methyl sites for hydroxylation is 1. The van der Waals surface area contributed by atoms with Gasteiger partial charge in [0.25, 0.3) is 0 Å². The second-order valence-electron chi connectivity index (χ2n) is 4.79. The number of benzene rings is 1. The fraction of sp³-hybridized carbons (Fsp3) is 0.462. The van der Waals surface area contributed by atoms with Crippen LogP contribution in [0.2, 0.25) is 0 Å². The predicted molar refractivity (Wildman–Crippen MR) is 61.0 cm³/mol. The van der Waals surface area contributed by atoms with Crippen LogP contribution in [0.25, 0.3) is 0 Å². The third kappa shape index (κ3) is 3.48. The highest BCUT2D eigenvalue weighted by atomic mass is 16.3. The molecule has 0 aliphatic heterocycles. The first-order valence-corrected chi connectivity index (χ1v) is 5.15. The molecular formula is C13H18O2. The normalized spacial score (nSPS) is 11.5. The summed E-state index contributed by atoms with van der Waals surface area (Å²) in [4.78, 5) is 11.9. The Morgan fingerprint density at radius 1 is 1.40 bits per heavy atom. The van der Waals surface area contributed by atoms with Crippen molar-refractivity contribution in [2.45, 2.75) is 27.2 Å². The Kier molecular flexibility index (Phi) is 3.64. The number of hydrogen-bond acceptors (Lipinski definition) is 2. The molecule has 0 aromatic heterocycles. The van der Waals surface area contributed by atoms with E-state index in [9.17, 15) is 4.79 Å². The van der Waals surface area contributed by atoms with Crippen molar-refractivity contribution in [2.75, 3.05) is 6.61 Å². The van der Waals surface area contributed by atoms with Gasteiger partial charge in [-0.05, 0) is 18.4 Å². The lowest BCUT2D eigenvalue weighted by Gasteiger charge is -2.20. The van der Waals surface area contributed by atoms with E-state index in [4.69, 9.17) is 5.11 Å². The van der Waals surface area contributed by atoms with Gasteiger partial charge >= 0.3 is 0 Å². The zero-order valence-electron chi connectivity index (χ0n) is 9.58. The average molecular weight is 206 g/mol. The van der Waals surface area contributed by atoms with E-state index in [2.05, 4.69) is 0 Å². The number of carbonyl (C=O) groups excluding carboxylic acids is 1. The van der Waals surface area contributed by atoms with E-state index < -0.39 is 0 Å². The lowest BCUT2D eigenvalue weighted by Crippen LogP contribution is -2.21. The molecular weight excluding hydrogens is 188 g/mol. The Hall–Kier alpha value is -1.15. The topological polar surface area (TPSA) is 37.3 Å². The molecule has 0 bridgehead atoms. The smallest absolute Gasteiger partial charge is 0.163 e. The summed E-state index contributed by atoms with van der Waals surface area (Å²) < 4.78 is 0. The molecule has 0 spiro atoms. The van der Waals surface area contributed by atoms with E-state index in [0.717, 1.165) is 11.1 Å². The zero-order chi connectivity index (χ0) is 11.5. The molecule has 0 heterocycles. The van der Waals surface area contributed by atoms with Crippen molar-refractivity contribution in [1.82, 2.24) is 0 Å². The second-order valence-corrected chi connectivity index (χ2v) is 4.79. The van der Waals surface area contributed by atoms with E-state index >= 15 is 0 Å². The Morgan fingerprint density at radius 3 is 2.60 bits per heavy atom. The van der Waals surface area contributed by atoms with Gasteiger partial charge in [-0.2, -0.15) is 0 Å². The molecule has 15 heavy (non-hydrogen) atoms. The van der Waals surface area contributed by atoms with Crippen LogP contribution in [0.15, 0.2) is 24.3 Å². The standard InChI is InChI=1S/C13H18O2/c1-10-5-4-6-11(7-10)12(15)8-13(2,3)9-14/h4-7,14H,8-9H2,1-3H3. The van der Waals surface area contributed by atoms with Crippen LogP contribution < -0.4 is 0 Å². The van der Waals surface area contributed by atoms with Crippen molar-refractivity contribution in [2.24, 2.45) is 5.41 Å². The molecule has 1 aromatic rings. The first kappa shape index (κ1) is 11.9. The van der Waals surface area contributed by atoms with Crippen molar-refractivity contribution in [3.8, 4) is 0 Å². The number of Topliss-reactive ketones (excluding diaryl/α,β-unsaturated/α-hetero) is 1. The number of hydrogen-bond donors (Lipinski definition) is 1. The first-order valence-electron chi connectivity index (χ1n) is 5.15. The van der Waals surface area contributed by atoms with E-state index in [1.807, 2.05) is 45.0 Å². The lowest BCUT2D eigenvalue weighted by atomic mass is 9.86. The zero-order valence-corrected chi connectivity index (χ0v) is 9.58. The molecule has 2 nitrogen and oxygen atoms in total. The minimum absolute atomic E-state index is 0.0323. The van der Waals surface area contributed by atoms with Crippen LogP contribution >= 0.6 is 0 Å². The number of aliphatic hydroxyl groups is 1. The van der Waals surface area contributed by atoms with Crippen LogP contribution in [0.1, 0.15) is 36.2 Å². The van der Waals surface area contributed by atoms with Gasteiger partial charge in [-0.1, -0.05) is 37.6 Å². The largest absolute Gasteiger partial charge is 0.396 e. The maximum Gasteiger partial charge on any atom is 0.163 e. The predicted octanol–water partition coefficient (Wildman–Crippen LogP) is 2.59. The van der Waals surface area contributed by atoms with Gasteiger partial charge < -0.3 is 5.11 Å². The number of carbonyl (C=O) groups is 1. The molecule has 0 aliphatic rings. The quantitative estimate of drug-likeness (QED) is 0.769. The number of aliphatic hydroxyl groups excluding tert-OH is 1. The summed E-state index contributed by atoms with van der Waals surface area (Å²) in [5, 5.41) is 9.09. The SMILES string of the molecule is Cc1cccc(C(=O)CC(C)(C)CO)c1. The van der Waals surface area contributed by atoms with E-state index in [1.54, 1.807) is 0 Å². The van der Waals surface area contributed by atoms with Crippen molar-refractivity contribution >= 4 is 5.78 Å². The average Bonchev–Trinajstić information content (AvgIpc) is 2.17. The molecule has 0 saturated carbocycles. The van der Waals surface area contributed by atoms with Crippen LogP contribution in [-0.4, -0.2) is 17.5 Å². The summed E-state index contributed by atoms with van der Waals surface area (Å²) in [6.07, 6.45) is 0.382. The molecule has 0 aliphatic carbocycles. The molecule has 1 N–H and O–H groups in total. The minimum atomic E-state index is -0.333. The van der Waals surface area contributed by atoms with Crippen LogP contribution in [0.5, 0.6) is 0 Å². The second kappa shape index (κ2) is 4.58. The van der Waals surface area contributed by atoms with E-state index in [-0.39, 0.29) is 17.8 Å². The molecule has 1 aromatic carbocycles. The molecule has 82 valence electrons. The number of ketones is 1. The van der Waals surface area contributed by atoms with Gasteiger partial charge in [0, 0.05) is 18.6 Å². The third-order valence-electron chi connectivity index (χ3n) is 2.41. The van der Waals surface area contributed by atoms with Crippen LogP contribution in [0, 0.1) is 12.3 Å². The summed E-state index contributed by atoms with van der Waals surface area (Å²) in [6.45, 7) is 5.78. The van der Waals surface area contributed by atoms with Gasteiger partial charge in [0.2, 0.25) is 0 Å². The third-order valence-corrected chi connectivity index (χ3v) is 2.41. The highest BCUT2D eigenvalue weighted by molar-refractivity contribution is 5.96. The van der Waals surface area contributed by atoms with Crippen molar-refractivity contribution in [3.05, 3.63) is 35.4 Å². The summed E-state index contributed by atoms with van der Waals surface area (Å²) in [7, 11) is 0. The fourth-order valence-corrected chi connectivity index (χ4v) is 1.41. The first-order chi connectivity index (χ1) is 6.94. The van der Waals surface area contributed by atoms with Gasteiger partial charge in [0.1, 0.15) is 0 Å². The molecule has 0 unspecified atom stereocenters. The van der Waals surface area contributed by atoms with Gasteiger partial charge in [-0.15, -0.1) is 0 Å². The van der Waals surface area contributed by atoms with E-state index in [1.165, 1.54) is 0 Å². The molecule has 2 heteroatoms. The number of rotatable bonds is 4.